The van der Waals surface area contributed by atoms with E-state index in [0.29, 0.717) is 6.61 Å². The molecule has 0 aromatic heterocycles. The summed E-state index contributed by atoms with van der Waals surface area (Å²) in [5.74, 6) is 1.58. The fourth-order valence-corrected chi connectivity index (χ4v) is 2.99. The first-order chi connectivity index (χ1) is 12.7. The number of unbranched alkanes of at least 4 members (excludes halogenated alkanes) is 4. The second-order valence-corrected chi connectivity index (χ2v) is 6.85. The van der Waals surface area contributed by atoms with Crippen molar-refractivity contribution < 1.29 is 9.47 Å². The van der Waals surface area contributed by atoms with Gasteiger partial charge in [-0.15, -0.1) is 12.4 Å². The molecule has 2 rings (SSSR count). The topological polar surface area (TPSA) is 30.5 Å². The van der Waals surface area contributed by atoms with Gasteiger partial charge in [0.2, 0.25) is 0 Å². The van der Waals surface area contributed by atoms with Crippen LogP contribution in [0.25, 0.3) is 0 Å². The van der Waals surface area contributed by atoms with Gasteiger partial charge in [0.25, 0.3) is 0 Å². The molecule has 0 heterocycles. The summed E-state index contributed by atoms with van der Waals surface area (Å²) in [6.45, 7) is 6.82. The highest BCUT2D eigenvalue weighted by Crippen LogP contribution is 2.29. The van der Waals surface area contributed by atoms with Gasteiger partial charge in [0.15, 0.2) is 11.5 Å². The highest BCUT2D eigenvalue weighted by Gasteiger charge is 2.06. The maximum Gasteiger partial charge on any atom is 0.161 e. The van der Waals surface area contributed by atoms with Crippen LogP contribution in [0.3, 0.4) is 0 Å². The minimum atomic E-state index is 0. The third-order valence-electron chi connectivity index (χ3n) is 4.49. The van der Waals surface area contributed by atoms with Crippen LogP contribution in [-0.2, 0) is 13.2 Å². The average Bonchev–Trinajstić information content (AvgIpc) is 2.66. The van der Waals surface area contributed by atoms with Crippen molar-refractivity contribution in [3.05, 3.63) is 59.2 Å². The fraction of sp³-hybridized carbons (Fsp3) is 0.478. The van der Waals surface area contributed by atoms with Gasteiger partial charge in [-0.05, 0) is 43.1 Å². The van der Waals surface area contributed by atoms with Gasteiger partial charge in [-0.2, -0.15) is 0 Å². The van der Waals surface area contributed by atoms with Crippen LogP contribution in [0, 0.1) is 6.92 Å². The third kappa shape index (κ3) is 8.68. The van der Waals surface area contributed by atoms with Crippen LogP contribution >= 0.6 is 12.4 Å². The van der Waals surface area contributed by atoms with E-state index in [4.69, 9.17) is 9.47 Å². The van der Waals surface area contributed by atoms with Gasteiger partial charge in [0.1, 0.15) is 6.61 Å². The number of benzene rings is 2. The number of hydrogen-bond donors (Lipinski definition) is 1. The van der Waals surface area contributed by atoms with Crippen molar-refractivity contribution in [2.45, 2.75) is 59.1 Å². The van der Waals surface area contributed by atoms with Crippen LogP contribution in [0.4, 0.5) is 0 Å². The molecule has 0 unspecified atom stereocenters. The second kappa shape index (κ2) is 13.5. The van der Waals surface area contributed by atoms with Crippen molar-refractivity contribution in [1.82, 2.24) is 5.32 Å². The van der Waals surface area contributed by atoms with Gasteiger partial charge in [0, 0.05) is 6.54 Å². The van der Waals surface area contributed by atoms with E-state index in [9.17, 15) is 0 Å². The number of halogens is 1. The number of methoxy groups -OCH3 is 1. The summed E-state index contributed by atoms with van der Waals surface area (Å²) >= 11 is 0. The lowest BCUT2D eigenvalue weighted by Gasteiger charge is -2.13. The molecule has 0 aliphatic carbocycles. The van der Waals surface area contributed by atoms with Crippen molar-refractivity contribution in [3.8, 4) is 11.5 Å². The number of nitrogens with one attached hydrogen (secondary N) is 1. The van der Waals surface area contributed by atoms with E-state index in [1.807, 2.05) is 6.07 Å². The van der Waals surface area contributed by atoms with Crippen LogP contribution in [0.5, 0.6) is 11.5 Å². The Labute approximate surface area is 170 Å². The summed E-state index contributed by atoms with van der Waals surface area (Å²) in [6.07, 6.45) is 6.55. The first-order valence-electron chi connectivity index (χ1n) is 9.79. The standard InChI is InChI=1S/C23H33NO2.ClH/c1-4-5-6-7-8-14-24-17-20-12-13-22(23(16-20)25-3)26-18-21-11-9-10-19(2)15-21;/h9-13,15-16,24H,4-8,14,17-18H2,1-3H3;1H. The maximum absolute atomic E-state index is 5.96. The Morgan fingerprint density at radius 3 is 2.44 bits per heavy atom. The SMILES string of the molecule is CCCCCCCNCc1ccc(OCc2cccc(C)c2)c(OC)c1.Cl. The molecule has 0 saturated heterocycles. The lowest BCUT2D eigenvalue weighted by atomic mass is 10.1. The molecule has 2 aromatic rings. The number of aryl methyl sites for hydroxylation is 1. The van der Waals surface area contributed by atoms with Crippen LogP contribution in [0.15, 0.2) is 42.5 Å². The number of hydrogen-bond acceptors (Lipinski definition) is 3. The molecule has 0 amide bonds. The first kappa shape index (κ1) is 23.3. The molecule has 0 atom stereocenters. The summed E-state index contributed by atoms with van der Waals surface area (Å²) in [6, 6.07) is 14.6. The van der Waals surface area contributed by atoms with E-state index < -0.39 is 0 Å². The predicted octanol–water partition coefficient (Wildman–Crippen LogP) is 6.06. The smallest absolute Gasteiger partial charge is 0.161 e. The van der Waals surface area contributed by atoms with Gasteiger partial charge in [-0.25, -0.2) is 0 Å². The lowest BCUT2D eigenvalue weighted by molar-refractivity contribution is 0.284. The molecule has 0 aliphatic heterocycles. The molecule has 1 N–H and O–H groups in total. The Kier molecular flexibility index (Phi) is 11.6. The van der Waals surface area contributed by atoms with Crippen molar-refractivity contribution in [1.29, 1.82) is 0 Å². The highest BCUT2D eigenvalue weighted by atomic mass is 35.5. The Morgan fingerprint density at radius 2 is 1.70 bits per heavy atom. The quantitative estimate of drug-likeness (QED) is 0.446. The Bertz CT molecular complexity index is 661. The van der Waals surface area contributed by atoms with Crippen LogP contribution in [0.1, 0.15) is 55.7 Å². The monoisotopic (exact) mass is 391 g/mol. The van der Waals surface area contributed by atoms with Gasteiger partial charge in [-0.1, -0.05) is 68.5 Å². The molecule has 27 heavy (non-hydrogen) atoms. The molecule has 0 saturated carbocycles. The van der Waals surface area contributed by atoms with E-state index in [0.717, 1.165) is 24.6 Å². The van der Waals surface area contributed by atoms with Crippen LogP contribution in [0.2, 0.25) is 0 Å². The molecule has 4 heteroatoms. The number of ether oxygens (including phenoxy) is 2. The van der Waals surface area contributed by atoms with Crippen molar-refractivity contribution in [3.63, 3.8) is 0 Å². The minimum absolute atomic E-state index is 0. The third-order valence-corrected chi connectivity index (χ3v) is 4.49. The summed E-state index contributed by atoms with van der Waals surface area (Å²) in [4.78, 5) is 0. The Morgan fingerprint density at radius 1 is 0.889 bits per heavy atom. The van der Waals surface area contributed by atoms with E-state index in [-0.39, 0.29) is 12.4 Å². The Balaban J connectivity index is 0.00000364. The van der Waals surface area contributed by atoms with Crippen LogP contribution < -0.4 is 14.8 Å². The van der Waals surface area contributed by atoms with Crippen molar-refractivity contribution in [2.24, 2.45) is 0 Å². The Hall–Kier alpha value is -1.71. The molecule has 2 aromatic carbocycles. The van der Waals surface area contributed by atoms with E-state index in [1.54, 1.807) is 7.11 Å². The van der Waals surface area contributed by atoms with Crippen molar-refractivity contribution in [2.75, 3.05) is 13.7 Å². The molecule has 0 spiro atoms. The molecular formula is C23H34ClNO2. The lowest BCUT2D eigenvalue weighted by Crippen LogP contribution is -2.14. The van der Waals surface area contributed by atoms with E-state index in [1.165, 1.54) is 48.8 Å². The molecular weight excluding hydrogens is 358 g/mol. The van der Waals surface area contributed by atoms with E-state index >= 15 is 0 Å². The summed E-state index contributed by atoms with van der Waals surface area (Å²) in [5, 5.41) is 3.52. The first-order valence-corrected chi connectivity index (χ1v) is 9.79. The van der Waals surface area contributed by atoms with Gasteiger partial charge in [-0.3, -0.25) is 0 Å². The number of rotatable bonds is 12. The average molecular weight is 392 g/mol. The predicted molar refractivity (Wildman–Crippen MR) is 116 cm³/mol. The minimum Gasteiger partial charge on any atom is -0.493 e. The molecule has 0 fully saturated rings. The van der Waals surface area contributed by atoms with Crippen LogP contribution in [-0.4, -0.2) is 13.7 Å². The van der Waals surface area contributed by atoms with Gasteiger partial charge >= 0.3 is 0 Å². The largest absolute Gasteiger partial charge is 0.493 e. The molecule has 0 aliphatic rings. The zero-order valence-electron chi connectivity index (χ0n) is 16.9. The summed E-state index contributed by atoms with van der Waals surface area (Å²) in [5.41, 5.74) is 3.63. The molecule has 0 radical (unpaired) electrons. The van der Waals surface area contributed by atoms with Crippen molar-refractivity contribution >= 4 is 12.4 Å². The fourth-order valence-electron chi connectivity index (χ4n) is 2.99. The maximum atomic E-state index is 5.96. The zero-order valence-corrected chi connectivity index (χ0v) is 17.7. The summed E-state index contributed by atoms with van der Waals surface area (Å²) < 4.78 is 11.5. The van der Waals surface area contributed by atoms with Gasteiger partial charge < -0.3 is 14.8 Å². The van der Waals surface area contributed by atoms with Gasteiger partial charge in [0.05, 0.1) is 7.11 Å². The normalized spacial score (nSPS) is 10.3. The second-order valence-electron chi connectivity index (χ2n) is 6.85. The zero-order chi connectivity index (χ0) is 18.6. The summed E-state index contributed by atoms with van der Waals surface area (Å²) in [7, 11) is 1.69. The van der Waals surface area contributed by atoms with E-state index in [2.05, 4.69) is 55.6 Å². The highest BCUT2D eigenvalue weighted by molar-refractivity contribution is 5.85. The molecule has 0 bridgehead atoms. The molecule has 150 valence electrons. The molecule has 3 nitrogen and oxygen atoms in total.